The zero-order chi connectivity index (χ0) is 17.9. The molecular weight excluding hydrogens is 326 g/mol. The molecule has 0 N–H and O–H groups in total. The minimum Gasteiger partial charge on any atom is -0.337 e. The van der Waals surface area contributed by atoms with E-state index < -0.39 is 0 Å². The number of rotatable bonds is 3. The van der Waals surface area contributed by atoms with Crippen LogP contribution in [0.2, 0.25) is 0 Å². The average molecular weight is 347 g/mol. The van der Waals surface area contributed by atoms with E-state index in [0.717, 1.165) is 48.6 Å². The third kappa shape index (κ3) is 3.22. The fraction of sp³-hybridized carbons (Fsp3) is 0.300. The summed E-state index contributed by atoms with van der Waals surface area (Å²) in [5.74, 6) is -0.0132. The molecule has 4 heterocycles. The second-order valence-corrected chi connectivity index (χ2v) is 6.61. The summed E-state index contributed by atoms with van der Waals surface area (Å²) in [6, 6.07) is 9.58. The van der Waals surface area contributed by atoms with Gasteiger partial charge in [-0.15, -0.1) is 0 Å². The van der Waals surface area contributed by atoms with Gasteiger partial charge in [0.05, 0.1) is 23.3 Å². The summed E-state index contributed by atoms with van der Waals surface area (Å²) in [4.78, 5) is 23.5. The smallest absolute Gasteiger partial charge is 0.274 e. The Balaban J connectivity index is 1.77. The molecule has 0 atom stereocenters. The van der Waals surface area contributed by atoms with Crippen LogP contribution in [0.15, 0.2) is 48.9 Å². The monoisotopic (exact) mass is 347 g/mol. The molecule has 0 aromatic carbocycles. The number of aromatic nitrogens is 4. The standard InChI is InChI=1S/C20H21N5O/c1-15-7-8-17(22-13-15)19-12-18(20(26)24-10-3-2-4-11-24)23-25(19)16-6-5-9-21-14-16/h5-9,12-14H,2-4,10-11H2,1H3. The number of carbonyl (C=O) groups excluding carboxylic acids is 1. The number of nitrogens with zero attached hydrogens (tertiary/aromatic N) is 5. The maximum Gasteiger partial charge on any atom is 0.274 e. The first-order valence-corrected chi connectivity index (χ1v) is 8.95. The Morgan fingerprint density at radius 2 is 1.92 bits per heavy atom. The van der Waals surface area contributed by atoms with Crippen molar-refractivity contribution in [3.05, 3.63) is 60.2 Å². The molecule has 26 heavy (non-hydrogen) atoms. The fourth-order valence-corrected chi connectivity index (χ4v) is 3.22. The molecule has 4 rings (SSSR count). The molecule has 1 aliphatic rings. The molecule has 6 heteroatoms. The van der Waals surface area contributed by atoms with E-state index in [0.29, 0.717) is 5.69 Å². The lowest BCUT2D eigenvalue weighted by Gasteiger charge is -2.25. The van der Waals surface area contributed by atoms with E-state index in [1.165, 1.54) is 6.42 Å². The fourth-order valence-electron chi connectivity index (χ4n) is 3.22. The van der Waals surface area contributed by atoms with Crippen LogP contribution in [0, 0.1) is 6.92 Å². The van der Waals surface area contributed by atoms with Crippen molar-refractivity contribution in [2.75, 3.05) is 13.1 Å². The molecule has 3 aromatic heterocycles. The van der Waals surface area contributed by atoms with E-state index in [2.05, 4.69) is 15.1 Å². The minimum atomic E-state index is -0.0132. The number of hydrogen-bond acceptors (Lipinski definition) is 4. The highest BCUT2D eigenvalue weighted by Crippen LogP contribution is 2.23. The summed E-state index contributed by atoms with van der Waals surface area (Å²) in [7, 11) is 0. The van der Waals surface area contributed by atoms with E-state index in [4.69, 9.17) is 0 Å². The van der Waals surface area contributed by atoms with Crippen molar-refractivity contribution in [2.24, 2.45) is 0 Å². The first kappa shape index (κ1) is 16.4. The Kier molecular flexibility index (Phi) is 4.48. The van der Waals surface area contributed by atoms with Gasteiger partial charge in [-0.05, 0) is 56.0 Å². The molecule has 0 saturated carbocycles. The first-order chi connectivity index (χ1) is 12.7. The lowest BCUT2D eigenvalue weighted by atomic mass is 10.1. The van der Waals surface area contributed by atoms with Gasteiger partial charge in [0.1, 0.15) is 0 Å². The maximum absolute atomic E-state index is 12.9. The number of carbonyl (C=O) groups is 1. The van der Waals surface area contributed by atoms with Gasteiger partial charge < -0.3 is 4.90 Å². The topological polar surface area (TPSA) is 63.9 Å². The van der Waals surface area contributed by atoms with Gasteiger partial charge >= 0.3 is 0 Å². The number of piperidine rings is 1. The number of hydrogen-bond donors (Lipinski definition) is 0. The summed E-state index contributed by atoms with van der Waals surface area (Å²) < 4.78 is 1.75. The SMILES string of the molecule is Cc1ccc(-c2cc(C(=O)N3CCCCC3)nn2-c2cccnc2)nc1. The van der Waals surface area contributed by atoms with Crippen LogP contribution in [0.3, 0.4) is 0 Å². The van der Waals surface area contributed by atoms with Crippen molar-refractivity contribution in [3.8, 4) is 17.1 Å². The van der Waals surface area contributed by atoms with E-state index in [1.807, 2.05) is 48.4 Å². The molecule has 0 spiro atoms. The van der Waals surface area contributed by atoms with Crippen molar-refractivity contribution >= 4 is 5.91 Å². The van der Waals surface area contributed by atoms with Crippen molar-refractivity contribution in [3.63, 3.8) is 0 Å². The maximum atomic E-state index is 12.9. The van der Waals surface area contributed by atoms with E-state index in [-0.39, 0.29) is 5.91 Å². The number of likely N-dealkylation sites (tertiary alicyclic amines) is 1. The molecule has 1 saturated heterocycles. The molecule has 1 aliphatic heterocycles. The van der Waals surface area contributed by atoms with Gasteiger partial charge in [0, 0.05) is 25.5 Å². The molecular formula is C20H21N5O. The Hall–Kier alpha value is -3.02. The molecule has 6 nitrogen and oxygen atoms in total. The first-order valence-electron chi connectivity index (χ1n) is 8.95. The Morgan fingerprint density at radius 1 is 1.08 bits per heavy atom. The lowest BCUT2D eigenvalue weighted by molar-refractivity contribution is 0.0718. The summed E-state index contributed by atoms with van der Waals surface area (Å²) in [6.07, 6.45) is 8.58. The minimum absolute atomic E-state index is 0.0132. The van der Waals surface area contributed by atoms with E-state index >= 15 is 0 Å². The van der Waals surface area contributed by atoms with Crippen LogP contribution in [0.4, 0.5) is 0 Å². The van der Waals surface area contributed by atoms with E-state index in [9.17, 15) is 4.79 Å². The molecule has 1 amide bonds. The highest BCUT2D eigenvalue weighted by molar-refractivity contribution is 5.93. The van der Waals surface area contributed by atoms with E-state index in [1.54, 1.807) is 17.1 Å². The second kappa shape index (κ2) is 7.07. The summed E-state index contributed by atoms with van der Waals surface area (Å²) >= 11 is 0. The second-order valence-electron chi connectivity index (χ2n) is 6.61. The molecule has 0 radical (unpaired) electrons. The number of aryl methyl sites for hydroxylation is 1. The third-order valence-electron chi connectivity index (χ3n) is 4.64. The zero-order valence-corrected chi connectivity index (χ0v) is 14.8. The average Bonchev–Trinajstić information content (AvgIpc) is 3.15. The zero-order valence-electron chi connectivity index (χ0n) is 14.8. The van der Waals surface area contributed by atoms with Crippen molar-refractivity contribution in [1.82, 2.24) is 24.6 Å². The predicted octanol–water partition coefficient (Wildman–Crippen LogP) is 3.26. The molecule has 3 aromatic rings. The van der Waals surface area contributed by atoms with Crippen LogP contribution in [0.1, 0.15) is 35.3 Å². The number of amides is 1. The highest BCUT2D eigenvalue weighted by atomic mass is 16.2. The summed E-state index contributed by atoms with van der Waals surface area (Å²) in [5.41, 5.74) is 3.92. The lowest BCUT2D eigenvalue weighted by Crippen LogP contribution is -2.35. The largest absolute Gasteiger partial charge is 0.337 e. The number of pyridine rings is 2. The normalized spacial score (nSPS) is 14.4. The summed E-state index contributed by atoms with van der Waals surface area (Å²) in [5, 5.41) is 4.60. The van der Waals surface area contributed by atoms with Crippen LogP contribution in [0.25, 0.3) is 17.1 Å². The Labute approximate surface area is 152 Å². The van der Waals surface area contributed by atoms with Gasteiger partial charge in [0.25, 0.3) is 5.91 Å². The molecule has 132 valence electrons. The molecule has 1 fully saturated rings. The third-order valence-corrected chi connectivity index (χ3v) is 4.64. The quantitative estimate of drug-likeness (QED) is 0.729. The van der Waals surface area contributed by atoms with Gasteiger partial charge in [-0.3, -0.25) is 14.8 Å². The van der Waals surface area contributed by atoms with Crippen LogP contribution in [-0.2, 0) is 0 Å². The van der Waals surface area contributed by atoms with Crippen LogP contribution < -0.4 is 0 Å². The van der Waals surface area contributed by atoms with Crippen molar-refractivity contribution in [1.29, 1.82) is 0 Å². The van der Waals surface area contributed by atoms with Gasteiger partial charge in [-0.2, -0.15) is 5.10 Å². The Bertz CT molecular complexity index is 896. The predicted molar refractivity (Wildman–Crippen MR) is 99.1 cm³/mol. The van der Waals surface area contributed by atoms with Crippen LogP contribution >= 0.6 is 0 Å². The van der Waals surface area contributed by atoms with Crippen molar-refractivity contribution < 1.29 is 4.79 Å². The highest BCUT2D eigenvalue weighted by Gasteiger charge is 2.23. The van der Waals surface area contributed by atoms with Gasteiger partial charge in [-0.1, -0.05) is 6.07 Å². The Morgan fingerprint density at radius 3 is 2.62 bits per heavy atom. The van der Waals surface area contributed by atoms with Crippen LogP contribution in [-0.4, -0.2) is 43.6 Å². The molecule has 0 bridgehead atoms. The molecule has 0 unspecified atom stereocenters. The van der Waals surface area contributed by atoms with Gasteiger partial charge in [-0.25, -0.2) is 4.68 Å². The molecule has 0 aliphatic carbocycles. The van der Waals surface area contributed by atoms with Gasteiger partial charge in [0.15, 0.2) is 5.69 Å². The van der Waals surface area contributed by atoms with Gasteiger partial charge in [0.2, 0.25) is 0 Å². The van der Waals surface area contributed by atoms with Crippen molar-refractivity contribution in [2.45, 2.75) is 26.2 Å². The van der Waals surface area contributed by atoms with Crippen LogP contribution in [0.5, 0.6) is 0 Å². The summed E-state index contributed by atoms with van der Waals surface area (Å²) in [6.45, 7) is 3.61.